The van der Waals surface area contributed by atoms with Crippen LogP contribution in [0.2, 0.25) is 0 Å². The van der Waals surface area contributed by atoms with E-state index in [9.17, 15) is 9.59 Å². The quantitative estimate of drug-likeness (QED) is 0.675. The number of nitrogens with zero attached hydrogens (tertiary/aromatic N) is 1. The molecular weight excluding hydrogens is 186 g/mol. The van der Waals surface area contributed by atoms with Gasteiger partial charge in [-0.05, 0) is 18.4 Å². The van der Waals surface area contributed by atoms with Crippen LogP contribution in [0.3, 0.4) is 0 Å². The Kier molecular flexibility index (Phi) is 3.19. The van der Waals surface area contributed by atoms with Crippen molar-refractivity contribution < 1.29 is 9.59 Å². The van der Waals surface area contributed by atoms with E-state index in [4.69, 9.17) is 0 Å². The summed E-state index contributed by atoms with van der Waals surface area (Å²) < 4.78 is 0. The standard InChI is InChI=1S/C9H9NO2S/c1-6(11)7-4-3-5-8(10-7)9(12)13-2/h3-5H,1-2H3. The van der Waals surface area contributed by atoms with Crippen LogP contribution in [0.5, 0.6) is 0 Å². The molecule has 1 aromatic heterocycles. The molecular formula is C9H9NO2S. The molecule has 0 aliphatic rings. The van der Waals surface area contributed by atoms with Crippen LogP contribution >= 0.6 is 11.8 Å². The average Bonchev–Trinajstić information content (AvgIpc) is 2.17. The van der Waals surface area contributed by atoms with Gasteiger partial charge in [-0.2, -0.15) is 0 Å². The molecule has 1 heterocycles. The summed E-state index contributed by atoms with van der Waals surface area (Å²) in [4.78, 5) is 26.0. The van der Waals surface area contributed by atoms with E-state index in [-0.39, 0.29) is 10.9 Å². The molecule has 13 heavy (non-hydrogen) atoms. The fraction of sp³-hybridized carbons (Fsp3) is 0.222. The van der Waals surface area contributed by atoms with E-state index < -0.39 is 0 Å². The summed E-state index contributed by atoms with van der Waals surface area (Å²) in [5, 5.41) is -0.122. The number of hydrogen-bond acceptors (Lipinski definition) is 4. The summed E-state index contributed by atoms with van der Waals surface area (Å²) in [6.07, 6.45) is 1.68. The van der Waals surface area contributed by atoms with E-state index in [2.05, 4.69) is 4.98 Å². The van der Waals surface area contributed by atoms with Crippen LogP contribution in [-0.4, -0.2) is 22.1 Å². The van der Waals surface area contributed by atoms with Crippen molar-refractivity contribution in [2.75, 3.05) is 6.26 Å². The Morgan fingerprint density at radius 1 is 1.31 bits per heavy atom. The topological polar surface area (TPSA) is 47.0 Å². The maximum Gasteiger partial charge on any atom is 0.237 e. The number of rotatable bonds is 2. The van der Waals surface area contributed by atoms with Gasteiger partial charge in [0.2, 0.25) is 5.12 Å². The van der Waals surface area contributed by atoms with Crippen LogP contribution in [0.1, 0.15) is 27.9 Å². The maximum absolute atomic E-state index is 11.2. The van der Waals surface area contributed by atoms with E-state index in [1.165, 1.54) is 6.92 Å². The SMILES string of the molecule is CSC(=O)c1cccc(C(C)=O)n1. The third-order valence-corrected chi connectivity index (χ3v) is 2.08. The highest BCUT2D eigenvalue weighted by atomic mass is 32.2. The van der Waals surface area contributed by atoms with Gasteiger partial charge in [0.25, 0.3) is 0 Å². The zero-order valence-electron chi connectivity index (χ0n) is 7.40. The van der Waals surface area contributed by atoms with Gasteiger partial charge in [0.15, 0.2) is 5.78 Å². The molecule has 4 heteroatoms. The fourth-order valence-electron chi connectivity index (χ4n) is 0.849. The lowest BCUT2D eigenvalue weighted by Gasteiger charge is -1.98. The molecule has 0 saturated heterocycles. The van der Waals surface area contributed by atoms with Crippen LogP contribution in [0.4, 0.5) is 0 Å². The molecule has 0 radical (unpaired) electrons. The molecule has 1 rings (SSSR count). The van der Waals surface area contributed by atoms with E-state index >= 15 is 0 Å². The minimum Gasteiger partial charge on any atom is -0.293 e. The van der Waals surface area contributed by atoms with Gasteiger partial charge in [0.1, 0.15) is 11.4 Å². The Balaban J connectivity index is 3.05. The van der Waals surface area contributed by atoms with Crippen LogP contribution in [-0.2, 0) is 0 Å². The minimum atomic E-state index is -0.129. The predicted octanol–water partition coefficient (Wildman–Crippen LogP) is 1.79. The zero-order valence-corrected chi connectivity index (χ0v) is 8.22. The van der Waals surface area contributed by atoms with Crippen molar-refractivity contribution >= 4 is 22.7 Å². The Hall–Kier alpha value is -1.16. The van der Waals surface area contributed by atoms with Crippen LogP contribution < -0.4 is 0 Å². The molecule has 68 valence electrons. The molecule has 0 aromatic carbocycles. The first-order valence-electron chi connectivity index (χ1n) is 3.71. The third-order valence-electron chi connectivity index (χ3n) is 1.50. The predicted molar refractivity (Wildman–Crippen MR) is 52.1 cm³/mol. The first-order chi connectivity index (χ1) is 6.15. The highest BCUT2D eigenvalue weighted by Gasteiger charge is 2.07. The lowest BCUT2D eigenvalue weighted by Crippen LogP contribution is -2.02. The molecule has 0 aliphatic heterocycles. The summed E-state index contributed by atoms with van der Waals surface area (Å²) in [6.45, 7) is 1.43. The summed E-state index contributed by atoms with van der Waals surface area (Å²) in [7, 11) is 0. The molecule has 3 nitrogen and oxygen atoms in total. The summed E-state index contributed by atoms with van der Waals surface area (Å²) in [6, 6.07) is 4.86. The fourth-order valence-corrected chi connectivity index (χ4v) is 1.17. The van der Waals surface area contributed by atoms with Crippen molar-refractivity contribution in [3.63, 3.8) is 0 Å². The molecule has 0 saturated carbocycles. The molecule has 0 atom stereocenters. The van der Waals surface area contributed by atoms with Crippen molar-refractivity contribution in [3.8, 4) is 0 Å². The molecule has 0 unspecified atom stereocenters. The summed E-state index contributed by atoms with van der Waals surface area (Å²) in [5.41, 5.74) is 0.667. The molecule has 0 fully saturated rings. The minimum absolute atomic E-state index is 0.122. The van der Waals surface area contributed by atoms with Gasteiger partial charge in [-0.3, -0.25) is 9.59 Å². The van der Waals surface area contributed by atoms with Gasteiger partial charge < -0.3 is 0 Å². The second-order valence-corrected chi connectivity index (χ2v) is 3.23. The van der Waals surface area contributed by atoms with Crippen molar-refractivity contribution in [2.24, 2.45) is 0 Å². The normalized spacial score (nSPS) is 9.69. The van der Waals surface area contributed by atoms with E-state index in [1.807, 2.05) is 0 Å². The van der Waals surface area contributed by atoms with Gasteiger partial charge in [0.05, 0.1) is 0 Å². The highest BCUT2D eigenvalue weighted by Crippen LogP contribution is 2.07. The number of hydrogen-bond donors (Lipinski definition) is 0. The van der Waals surface area contributed by atoms with Gasteiger partial charge in [-0.1, -0.05) is 17.8 Å². The lowest BCUT2D eigenvalue weighted by atomic mass is 10.2. The molecule has 0 spiro atoms. The maximum atomic E-state index is 11.2. The summed E-state index contributed by atoms with van der Waals surface area (Å²) in [5.74, 6) is -0.129. The molecule has 0 amide bonds. The van der Waals surface area contributed by atoms with Crippen LogP contribution in [0.25, 0.3) is 0 Å². The molecule has 0 aliphatic carbocycles. The first-order valence-corrected chi connectivity index (χ1v) is 4.94. The Labute approximate surface area is 80.6 Å². The lowest BCUT2D eigenvalue weighted by molar-refractivity contribution is 0.101. The third kappa shape index (κ3) is 2.39. The van der Waals surface area contributed by atoms with Crippen molar-refractivity contribution in [1.82, 2.24) is 4.98 Å². The van der Waals surface area contributed by atoms with Crippen LogP contribution in [0, 0.1) is 0 Å². The van der Waals surface area contributed by atoms with E-state index in [0.29, 0.717) is 11.4 Å². The number of carbonyl (C=O) groups is 2. The number of thioether (sulfide) groups is 1. The number of carbonyl (C=O) groups excluding carboxylic acids is 2. The Bertz CT molecular complexity index is 349. The molecule has 0 N–H and O–H groups in total. The highest BCUT2D eigenvalue weighted by molar-refractivity contribution is 8.13. The number of pyridine rings is 1. The summed E-state index contributed by atoms with van der Waals surface area (Å²) >= 11 is 1.09. The van der Waals surface area contributed by atoms with Crippen molar-refractivity contribution in [3.05, 3.63) is 29.6 Å². The Morgan fingerprint density at radius 3 is 2.46 bits per heavy atom. The van der Waals surface area contributed by atoms with Crippen LogP contribution in [0.15, 0.2) is 18.2 Å². The largest absolute Gasteiger partial charge is 0.293 e. The van der Waals surface area contributed by atoms with Gasteiger partial charge in [-0.15, -0.1) is 0 Å². The zero-order chi connectivity index (χ0) is 9.84. The van der Waals surface area contributed by atoms with E-state index in [1.54, 1.807) is 24.5 Å². The number of ketones is 1. The second-order valence-electron chi connectivity index (χ2n) is 2.46. The molecule has 1 aromatic rings. The number of aromatic nitrogens is 1. The van der Waals surface area contributed by atoms with Crippen molar-refractivity contribution in [1.29, 1.82) is 0 Å². The van der Waals surface area contributed by atoms with Gasteiger partial charge in [-0.25, -0.2) is 4.98 Å². The van der Waals surface area contributed by atoms with Gasteiger partial charge >= 0.3 is 0 Å². The second kappa shape index (κ2) is 4.18. The van der Waals surface area contributed by atoms with Crippen molar-refractivity contribution in [2.45, 2.75) is 6.92 Å². The molecule has 0 bridgehead atoms. The smallest absolute Gasteiger partial charge is 0.237 e. The monoisotopic (exact) mass is 195 g/mol. The average molecular weight is 195 g/mol. The van der Waals surface area contributed by atoms with Gasteiger partial charge in [0, 0.05) is 6.92 Å². The Morgan fingerprint density at radius 2 is 1.92 bits per heavy atom. The number of Topliss-reactive ketones (excluding diaryl/α,β-unsaturated/α-hetero) is 1. The first kappa shape index (κ1) is 9.92. The van der Waals surface area contributed by atoms with E-state index in [0.717, 1.165) is 11.8 Å².